The van der Waals surface area contributed by atoms with Crippen molar-refractivity contribution >= 4 is 57.1 Å². The fraction of sp³-hybridized carbons (Fsp3) is 0.128. The van der Waals surface area contributed by atoms with Crippen LogP contribution in [0.25, 0.3) is 22.2 Å². The Kier molecular flexibility index (Phi) is 7.47. The van der Waals surface area contributed by atoms with E-state index in [4.69, 9.17) is 23.2 Å². The summed E-state index contributed by atoms with van der Waals surface area (Å²) >= 11 is 13.2. The Labute approximate surface area is 282 Å². The number of aromatic amines is 1. The zero-order chi connectivity index (χ0) is 32.1. The van der Waals surface area contributed by atoms with Gasteiger partial charge in [0.25, 0.3) is 5.91 Å². The number of anilines is 1. The number of aromatic nitrogens is 3. The topological polar surface area (TPSA) is 66.0 Å². The van der Waals surface area contributed by atoms with Crippen LogP contribution in [0.5, 0.6) is 0 Å². The molecule has 0 fully saturated rings. The van der Waals surface area contributed by atoms with Crippen LogP contribution < -0.4 is 5.32 Å². The quantitative estimate of drug-likeness (QED) is 0.188. The summed E-state index contributed by atoms with van der Waals surface area (Å²) < 4.78 is 1.80. The molecule has 0 spiro atoms. The first-order valence-electron chi connectivity index (χ1n) is 15.7. The maximum atomic E-state index is 14.5. The number of rotatable bonds is 6. The predicted molar refractivity (Wildman–Crippen MR) is 190 cm³/mol. The number of benzene rings is 4. The van der Waals surface area contributed by atoms with Gasteiger partial charge in [0.2, 0.25) is 0 Å². The lowest BCUT2D eigenvalue weighted by molar-refractivity contribution is 0.102. The molecule has 2 atom stereocenters. The lowest BCUT2D eigenvalue weighted by Gasteiger charge is -2.39. The third-order valence-corrected chi connectivity index (χ3v) is 9.57. The molecular weight excluding hydrogens is 625 g/mol. The first kappa shape index (κ1) is 29.4. The molecule has 0 aliphatic carbocycles. The molecule has 0 saturated heterocycles. The predicted octanol–water partition coefficient (Wildman–Crippen LogP) is 9.80. The first-order chi connectivity index (χ1) is 23.0. The van der Waals surface area contributed by atoms with Crippen molar-refractivity contribution in [3.05, 3.63) is 165 Å². The number of carbonyl (C=O) groups excluding carboxylic acids is 1. The Bertz CT molecular complexity index is 2180. The molecule has 0 radical (unpaired) electrons. The van der Waals surface area contributed by atoms with E-state index >= 15 is 0 Å². The zero-order valence-electron chi connectivity index (χ0n) is 25.6. The summed E-state index contributed by atoms with van der Waals surface area (Å²) in [6.07, 6.45) is 6.95. The molecule has 0 saturated carbocycles. The van der Waals surface area contributed by atoms with Crippen LogP contribution in [0, 0.1) is 5.92 Å². The summed E-state index contributed by atoms with van der Waals surface area (Å²) in [6, 6.07) is 34.1. The highest BCUT2D eigenvalue weighted by molar-refractivity contribution is 6.32. The second-order valence-electron chi connectivity index (χ2n) is 12.1. The molecule has 2 aliphatic rings. The molecule has 232 valence electrons. The smallest absolute Gasteiger partial charge is 0.273 e. The van der Waals surface area contributed by atoms with Gasteiger partial charge in [0.15, 0.2) is 0 Å². The monoisotopic (exact) mass is 655 g/mol. The Morgan fingerprint density at radius 3 is 2.45 bits per heavy atom. The van der Waals surface area contributed by atoms with E-state index < -0.39 is 0 Å². The average molecular weight is 657 g/mol. The van der Waals surface area contributed by atoms with Gasteiger partial charge >= 0.3 is 0 Å². The summed E-state index contributed by atoms with van der Waals surface area (Å²) in [5, 5.41) is 9.93. The van der Waals surface area contributed by atoms with Crippen molar-refractivity contribution in [1.82, 2.24) is 19.7 Å². The van der Waals surface area contributed by atoms with Crippen LogP contribution in [0.1, 0.15) is 57.7 Å². The Balaban J connectivity index is 1.36. The average Bonchev–Trinajstić information content (AvgIpc) is 3.63. The molecule has 4 heterocycles. The number of fused-ring (bicyclic) bond motifs is 2. The van der Waals surface area contributed by atoms with E-state index in [0.717, 1.165) is 50.8 Å². The zero-order valence-corrected chi connectivity index (χ0v) is 27.1. The van der Waals surface area contributed by atoms with Gasteiger partial charge in [-0.3, -0.25) is 4.79 Å². The lowest BCUT2D eigenvalue weighted by Crippen LogP contribution is -2.29. The molecule has 2 N–H and O–H groups in total. The largest absolute Gasteiger partial charge is 0.350 e. The van der Waals surface area contributed by atoms with E-state index in [9.17, 15) is 4.79 Å². The van der Waals surface area contributed by atoms with Crippen LogP contribution in [0.4, 0.5) is 5.82 Å². The molecule has 6 aromatic rings. The van der Waals surface area contributed by atoms with Crippen LogP contribution >= 0.6 is 23.2 Å². The minimum Gasteiger partial charge on any atom is -0.350 e. The van der Waals surface area contributed by atoms with Crippen LogP contribution in [0.2, 0.25) is 10.0 Å². The van der Waals surface area contributed by atoms with E-state index in [2.05, 4.69) is 75.9 Å². The van der Waals surface area contributed by atoms with E-state index in [1.54, 1.807) is 10.9 Å². The van der Waals surface area contributed by atoms with Crippen molar-refractivity contribution < 1.29 is 4.79 Å². The van der Waals surface area contributed by atoms with Crippen molar-refractivity contribution in [3.63, 3.8) is 0 Å². The lowest BCUT2D eigenvalue weighted by atomic mass is 9.82. The molecule has 4 aromatic carbocycles. The number of H-pyrrole nitrogens is 1. The second kappa shape index (κ2) is 12.0. The van der Waals surface area contributed by atoms with Gasteiger partial charge in [-0.1, -0.05) is 109 Å². The SMILES string of the molecule is CC1CC=CN2C(=C1c1ccccc1)c1c(C(=O)Nc3ccnn3Cc3ccccc3)[nH]c3cc(Cl)cc(c13)C2c1ccc(Cl)cc1. The number of nitrogens with one attached hydrogen (secondary N) is 2. The molecule has 8 rings (SSSR count). The molecule has 1 amide bonds. The van der Waals surface area contributed by atoms with Gasteiger partial charge in [-0.2, -0.15) is 5.10 Å². The number of allylic oxidation sites excluding steroid dienone is 2. The highest BCUT2D eigenvalue weighted by Gasteiger charge is 2.39. The number of halogens is 2. The molecule has 0 bridgehead atoms. The first-order valence-corrected chi connectivity index (χ1v) is 16.4. The van der Waals surface area contributed by atoms with Crippen LogP contribution in [-0.2, 0) is 6.54 Å². The number of hydrogen-bond donors (Lipinski definition) is 2. The molecule has 6 nitrogen and oxygen atoms in total. The minimum absolute atomic E-state index is 0.182. The van der Waals surface area contributed by atoms with Crippen molar-refractivity contribution in [1.29, 1.82) is 0 Å². The van der Waals surface area contributed by atoms with Gasteiger partial charge in [-0.25, -0.2) is 4.68 Å². The van der Waals surface area contributed by atoms with Gasteiger partial charge in [0.05, 0.1) is 24.5 Å². The number of carbonyl (C=O) groups is 1. The van der Waals surface area contributed by atoms with Crippen molar-refractivity contribution in [3.8, 4) is 0 Å². The summed E-state index contributed by atoms with van der Waals surface area (Å²) in [4.78, 5) is 20.3. The normalized spacial score (nSPS) is 17.1. The van der Waals surface area contributed by atoms with Gasteiger partial charge < -0.3 is 15.2 Å². The molecule has 2 aliphatic heterocycles. The Hall–Kier alpha value is -5.04. The van der Waals surface area contributed by atoms with Crippen molar-refractivity contribution in [2.24, 2.45) is 5.92 Å². The minimum atomic E-state index is -0.251. The standard InChI is InChI=1S/C39H31Cl2N5O/c1-24-9-8-20-45-37(27-14-16-28(40)17-15-27)30-21-29(41)22-31-34(30)35(38(45)33(24)26-12-6-3-7-13-26)36(43-31)39(47)44-32-18-19-42-46(32)23-25-10-4-2-5-11-25/h2-8,10-22,24,37,43H,9,23H2,1H3,(H,44,47). The van der Waals surface area contributed by atoms with Gasteiger partial charge in [-0.15, -0.1) is 0 Å². The number of hydrogen-bond acceptors (Lipinski definition) is 3. The second-order valence-corrected chi connectivity index (χ2v) is 13.0. The van der Waals surface area contributed by atoms with Crippen molar-refractivity contribution in [2.75, 3.05) is 5.32 Å². The van der Waals surface area contributed by atoms with E-state index in [1.165, 1.54) is 5.57 Å². The molecule has 47 heavy (non-hydrogen) atoms. The Morgan fingerprint density at radius 2 is 1.68 bits per heavy atom. The fourth-order valence-corrected chi connectivity index (χ4v) is 7.40. The highest BCUT2D eigenvalue weighted by Crippen LogP contribution is 2.52. The van der Waals surface area contributed by atoms with Crippen LogP contribution in [0.15, 0.2) is 122 Å². The van der Waals surface area contributed by atoms with Gasteiger partial charge in [-0.05, 0) is 64.4 Å². The third-order valence-electron chi connectivity index (χ3n) is 9.10. The molecular formula is C39H31Cl2N5O. The number of nitrogens with zero attached hydrogens (tertiary/aromatic N) is 3. The fourth-order valence-electron chi connectivity index (χ4n) is 7.05. The molecule has 8 heteroatoms. The molecule has 2 aromatic heterocycles. The summed E-state index contributed by atoms with van der Waals surface area (Å²) in [7, 11) is 0. The molecule has 2 unspecified atom stereocenters. The maximum absolute atomic E-state index is 14.5. The number of amides is 1. The maximum Gasteiger partial charge on any atom is 0.273 e. The summed E-state index contributed by atoms with van der Waals surface area (Å²) in [5.74, 6) is 0.543. The summed E-state index contributed by atoms with van der Waals surface area (Å²) in [5.41, 5.74) is 8.63. The van der Waals surface area contributed by atoms with E-state index in [0.29, 0.717) is 28.1 Å². The Morgan fingerprint density at radius 1 is 0.936 bits per heavy atom. The highest BCUT2D eigenvalue weighted by atomic mass is 35.5. The van der Waals surface area contributed by atoms with Crippen molar-refractivity contribution in [2.45, 2.75) is 25.9 Å². The van der Waals surface area contributed by atoms with E-state index in [1.807, 2.05) is 66.7 Å². The van der Waals surface area contributed by atoms with Gasteiger partial charge in [0, 0.05) is 38.8 Å². The van der Waals surface area contributed by atoms with Crippen LogP contribution in [-0.4, -0.2) is 25.6 Å². The van der Waals surface area contributed by atoms with Gasteiger partial charge in [0.1, 0.15) is 11.5 Å². The summed E-state index contributed by atoms with van der Waals surface area (Å²) in [6.45, 7) is 2.79. The van der Waals surface area contributed by atoms with E-state index in [-0.39, 0.29) is 17.9 Å². The third kappa shape index (κ3) is 5.24. The van der Waals surface area contributed by atoms with Crippen LogP contribution in [0.3, 0.4) is 0 Å².